The van der Waals surface area contributed by atoms with Gasteiger partial charge in [-0.3, -0.25) is 5.32 Å². The van der Waals surface area contributed by atoms with Crippen molar-refractivity contribution in [3.8, 4) is 12.3 Å². The third-order valence-electron chi connectivity index (χ3n) is 2.08. The average Bonchev–Trinajstić information content (AvgIpc) is 2.38. The molecule has 0 heterocycles. The molecule has 0 aliphatic rings. The van der Waals surface area contributed by atoms with E-state index in [-0.39, 0.29) is 21.4 Å². The summed E-state index contributed by atoms with van der Waals surface area (Å²) in [5.41, 5.74) is -1.47. The first-order valence-electron chi connectivity index (χ1n) is 4.92. The normalized spacial score (nSPS) is 11.7. The number of nitrogens with one attached hydrogen (secondary N) is 1. The van der Waals surface area contributed by atoms with Crippen LogP contribution >= 0.6 is 23.4 Å². The highest BCUT2D eigenvalue weighted by Gasteiger charge is 2.32. The van der Waals surface area contributed by atoms with Crippen molar-refractivity contribution in [2.45, 2.75) is 6.18 Å². The molecule has 0 atom stereocenters. The minimum atomic E-state index is -4.61. The van der Waals surface area contributed by atoms with E-state index >= 15 is 0 Å². The molecular weight excluding hydrogens is 313 g/mol. The Labute approximate surface area is 121 Å². The van der Waals surface area contributed by atoms with Crippen LogP contribution in [0.1, 0.15) is 11.1 Å². The third-order valence-corrected chi connectivity index (χ3v) is 2.95. The van der Waals surface area contributed by atoms with Gasteiger partial charge in [-0.25, -0.2) is 4.99 Å². The van der Waals surface area contributed by atoms with Crippen molar-refractivity contribution in [1.29, 1.82) is 10.5 Å². The molecule has 0 fully saturated rings. The number of alkyl halides is 3. The number of nitrogens with zero attached hydrogens (tertiary/aromatic N) is 3. The summed E-state index contributed by atoms with van der Waals surface area (Å²) in [4.78, 5) is 3.88. The maximum atomic E-state index is 12.6. The molecule has 0 bridgehead atoms. The molecule has 0 saturated carbocycles. The van der Waals surface area contributed by atoms with Gasteiger partial charge in [0.25, 0.3) is 0 Å². The lowest BCUT2D eigenvalue weighted by Crippen LogP contribution is -2.12. The van der Waals surface area contributed by atoms with Gasteiger partial charge in [-0.2, -0.15) is 23.7 Å². The van der Waals surface area contributed by atoms with Gasteiger partial charge in [0.15, 0.2) is 11.4 Å². The maximum Gasteiger partial charge on any atom is 0.416 e. The van der Waals surface area contributed by atoms with Crippen molar-refractivity contribution in [1.82, 2.24) is 5.32 Å². The molecule has 0 spiro atoms. The average molecular weight is 319 g/mol. The van der Waals surface area contributed by atoms with Crippen LogP contribution in [-0.4, -0.2) is 11.4 Å². The first kappa shape index (κ1) is 16.2. The van der Waals surface area contributed by atoms with E-state index in [1.165, 1.54) is 0 Å². The van der Waals surface area contributed by atoms with Gasteiger partial charge in [0, 0.05) is 0 Å². The van der Waals surface area contributed by atoms with E-state index in [1.807, 2.05) is 0 Å². The Morgan fingerprint density at radius 3 is 2.50 bits per heavy atom. The van der Waals surface area contributed by atoms with Gasteiger partial charge in [-0.05, 0) is 18.4 Å². The smallest absolute Gasteiger partial charge is 0.271 e. The Morgan fingerprint density at radius 2 is 2.05 bits per heavy atom. The zero-order valence-electron chi connectivity index (χ0n) is 9.92. The molecule has 0 aliphatic carbocycles. The number of hydrogen-bond donors (Lipinski definition) is 1. The lowest BCUT2D eigenvalue weighted by molar-refractivity contribution is -0.137. The summed E-state index contributed by atoms with van der Waals surface area (Å²) in [7, 11) is 0. The standard InChI is InChI=1S/C11H6ClF3N4S/c1-20-10(18-5-17)19-9-6(4-16)2-7(3-8(9)12)11(13,14)15/h2-3H,1H3,(H,18,19). The zero-order chi connectivity index (χ0) is 15.3. The second kappa shape index (κ2) is 6.51. The van der Waals surface area contributed by atoms with Gasteiger partial charge in [-0.15, -0.1) is 0 Å². The number of hydrogen-bond acceptors (Lipinski definition) is 4. The number of thioether (sulfide) groups is 1. The van der Waals surface area contributed by atoms with Crippen LogP contribution in [0.3, 0.4) is 0 Å². The number of rotatable bonds is 1. The SMILES string of the molecule is CSC(=Nc1c(Cl)cc(C(F)(F)F)cc1C#N)NC#N. The molecule has 104 valence electrons. The van der Waals surface area contributed by atoms with Crippen molar-refractivity contribution < 1.29 is 13.2 Å². The number of nitriles is 2. The lowest BCUT2D eigenvalue weighted by Gasteiger charge is -2.10. The zero-order valence-corrected chi connectivity index (χ0v) is 11.5. The number of benzene rings is 1. The van der Waals surface area contributed by atoms with Gasteiger partial charge in [-0.1, -0.05) is 23.4 Å². The Kier molecular flexibility index (Phi) is 5.26. The van der Waals surface area contributed by atoms with Crippen LogP contribution in [0.2, 0.25) is 5.02 Å². The monoisotopic (exact) mass is 318 g/mol. The molecule has 0 aliphatic heterocycles. The first-order chi connectivity index (χ1) is 9.33. The van der Waals surface area contributed by atoms with E-state index < -0.39 is 11.7 Å². The highest BCUT2D eigenvalue weighted by Crippen LogP contribution is 2.37. The molecular formula is C11H6ClF3N4S. The summed E-state index contributed by atoms with van der Waals surface area (Å²) in [5, 5.41) is 19.4. The molecule has 20 heavy (non-hydrogen) atoms. The summed E-state index contributed by atoms with van der Waals surface area (Å²) in [6.45, 7) is 0. The van der Waals surface area contributed by atoms with Gasteiger partial charge in [0.05, 0.1) is 16.1 Å². The minimum absolute atomic E-state index is 0.116. The van der Waals surface area contributed by atoms with Crippen LogP contribution in [-0.2, 0) is 6.18 Å². The van der Waals surface area contributed by atoms with Gasteiger partial charge < -0.3 is 0 Å². The summed E-state index contributed by atoms with van der Waals surface area (Å²) in [6, 6.07) is 2.96. The quantitative estimate of drug-likeness (QED) is 0.371. The van der Waals surface area contributed by atoms with E-state index in [0.717, 1.165) is 11.8 Å². The molecule has 4 nitrogen and oxygen atoms in total. The Bertz CT molecular complexity index is 628. The molecule has 1 rings (SSSR count). The van der Waals surface area contributed by atoms with Crippen molar-refractivity contribution in [3.05, 3.63) is 28.3 Å². The number of halogens is 4. The van der Waals surface area contributed by atoms with Crippen LogP contribution in [0.5, 0.6) is 0 Å². The molecule has 1 aromatic rings. The predicted octanol–water partition coefficient (Wildman–Crippen LogP) is 3.65. The van der Waals surface area contributed by atoms with E-state index in [2.05, 4.69) is 10.3 Å². The Morgan fingerprint density at radius 1 is 1.40 bits per heavy atom. The van der Waals surface area contributed by atoms with Crippen LogP contribution in [0.25, 0.3) is 0 Å². The van der Waals surface area contributed by atoms with E-state index in [0.29, 0.717) is 12.1 Å². The predicted molar refractivity (Wildman–Crippen MR) is 70.5 cm³/mol. The molecule has 0 amide bonds. The fourth-order valence-electron chi connectivity index (χ4n) is 1.24. The Hall–Kier alpha value is -1.90. The van der Waals surface area contributed by atoms with Gasteiger partial charge >= 0.3 is 6.18 Å². The molecule has 0 saturated heterocycles. The van der Waals surface area contributed by atoms with Crippen LogP contribution < -0.4 is 5.32 Å². The second-order valence-electron chi connectivity index (χ2n) is 3.32. The molecule has 9 heteroatoms. The van der Waals surface area contributed by atoms with Gasteiger partial charge in [0.2, 0.25) is 0 Å². The summed E-state index contributed by atoms with van der Waals surface area (Å²) in [5.74, 6) is 0. The molecule has 1 aromatic carbocycles. The largest absolute Gasteiger partial charge is 0.416 e. The summed E-state index contributed by atoms with van der Waals surface area (Å²) >= 11 is 6.80. The van der Waals surface area contributed by atoms with Crippen molar-refractivity contribution >= 4 is 34.2 Å². The van der Waals surface area contributed by atoms with Gasteiger partial charge in [0.1, 0.15) is 11.8 Å². The minimum Gasteiger partial charge on any atom is -0.271 e. The lowest BCUT2D eigenvalue weighted by atomic mass is 10.1. The highest BCUT2D eigenvalue weighted by molar-refractivity contribution is 8.13. The third kappa shape index (κ3) is 3.80. The molecule has 0 radical (unpaired) electrons. The van der Waals surface area contributed by atoms with E-state index in [1.54, 1.807) is 18.5 Å². The van der Waals surface area contributed by atoms with Crippen molar-refractivity contribution in [3.63, 3.8) is 0 Å². The maximum absolute atomic E-state index is 12.6. The summed E-state index contributed by atoms with van der Waals surface area (Å²) in [6.07, 6.45) is -1.38. The fourth-order valence-corrected chi connectivity index (χ4v) is 1.83. The van der Waals surface area contributed by atoms with Crippen molar-refractivity contribution in [2.75, 3.05) is 6.26 Å². The van der Waals surface area contributed by atoms with Crippen LogP contribution in [0.4, 0.5) is 18.9 Å². The molecule has 0 aromatic heterocycles. The number of aliphatic imine (C=N–C) groups is 1. The number of amidine groups is 1. The van der Waals surface area contributed by atoms with Crippen LogP contribution in [0, 0.1) is 22.8 Å². The first-order valence-corrected chi connectivity index (χ1v) is 6.52. The van der Waals surface area contributed by atoms with Crippen molar-refractivity contribution in [2.24, 2.45) is 4.99 Å². The second-order valence-corrected chi connectivity index (χ2v) is 4.52. The Balaban J connectivity index is 3.44. The van der Waals surface area contributed by atoms with E-state index in [9.17, 15) is 13.2 Å². The fraction of sp³-hybridized carbons (Fsp3) is 0.182. The molecule has 1 N–H and O–H groups in total. The molecule has 0 unspecified atom stereocenters. The highest BCUT2D eigenvalue weighted by atomic mass is 35.5. The topological polar surface area (TPSA) is 72.0 Å². The van der Waals surface area contributed by atoms with E-state index in [4.69, 9.17) is 22.1 Å². The summed E-state index contributed by atoms with van der Waals surface area (Å²) < 4.78 is 37.8. The van der Waals surface area contributed by atoms with Crippen LogP contribution in [0.15, 0.2) is 17.1 Å².